The van der Waals surface area contributed by atoms with Crippen LogP contribution in [0.3, 0.4) is 0 Å². The summed E-state index contributed by atoms with van der Waals surface area (Å²) in [7, 11) is 0. The zero-order valence-electron chi connectivity index (χ0n) is 7.23. The number of aliphatic hydroxyl groups is 1. The predicted molar refractivity (Wildman–Crippen MR) is 42.9 cm³/mol. The highest BCUT2D eigenvalue weighted by atomic mass is 79.9. The molecule has 3 nitrogen and oxygen atoms in total. The summed E-state index contributed by atoms with van der Waals surface area (Å²) in [6.45, 7) is 0. The van der Waals surface area contributed by atoms with Gasteiger partial charge in [-0.3, -0.25) is 0 Å². The van der Waals surface area contributed by atoms with Crippen molar-refractivity contribution in [1.29, 1.82) is 0 Å². The molecule has 0 aromatic carbocycles. The number of halogens is 7. The van der Waals surface area contributed by atoms with Crippen molar-refractivity contribution in [1.82, 2.24) is 0 Å². The van der Waals surface area contributed by atoms with Crippen LogP contribution in [0.15, 0.2) is 5.16 Å². The van der Waals surface area contributed by atoms with Gasteiger partial charge in [-0.15, -0.1) is 0 Å². The molecule has 1 rings (SSSR count). The molecule has 1 aliphatic heterocycles. The lowest BCUT2D eigenvalue weighted by Crippen LogP contribution is -2.64. The number of hydrogen-bond acceptors (Lipinski definition) is 3. The second-order valence-electron chi connectivity index (χ2n) is 3.03. The first-order valence-electron chi connectivity index (χ1n) is 3.74. The van der Waals surface area contributed by atoms with Crippen LogP contribution in [0.5, 0.6) is 0 Å². The summed E-state index contributed by atoms with van der Waals surface area (Å²) in [6, 6.07) is 0. The fraction of sp³-hybridized carbons (Fsp3) is 0.833. The van der Waals surface area contributed by atoms with Crippen LogP contribution in [-0.4, -0.2) is 33.8 Å². The second kappa shape index (κ2) is 3.76. The fourth-order valence-corrected chi connectivity index (χ4v) is 1.48. The van der Waals surface area contributed by atoms with E-state index in [4.69, 9.17) is 5.11 Å². The summed E-state index contributed by atoms with van der Waals surface area (Å²) in [4.78, 5) is 3.93. The first-order chi connectivity index (χ1) is 7.00. The molecule has 16 heavy (non-hydrogen) atoms. The van der Waals surface area contributed by atoms with E-state index in [-0.39, 0.29) is 4.62 Å². The summed E-state index contributed by atoms with van der Waals surface area (Å²) < 4.78 is 73.3. The Bertz CT molecular complexity index is 297. The van der Waals surface area contributed by atoms with E-state index in [0.29, 0.717) is 0 Å². The van der Waals surface area contributed by atoms with Crippen LogP contribution in [0.4, 0.5) is 26.3 Å². The van der Waals surface area contributed by atoms with Gasteiger partial charge in [0.25, 0.3) is 5.60 Å². The van der Waals surface area contributed by atoms with Crippen molar-refractivity contribution in [2.24, 2.45) is 5.16 Å². The molecule has 0 bridgehead atoms. The smallest absolute Gasteiger partial charge is 0.388 e. The van der Waals surface area contributed by atoms with E-state index < -0.39 is 30.5 Å². The van der Waals surface area contributed by atoms with Gasteiger partial charge in [0.15, 0.2) is 6.10 Å². The second-order valence-corrected chi connectivity index (χ2v) is 3.94. The van der Waals surface area contributed by atoms with Gasteiger partial charge < -0.3 is 9.94 Å². The third-order valence-corrected chi connectivity index (χ3v) is 2.43. The van der Waals surface area contributed by atoms with E-state index in [1.165, 1.54) is 0 Å². The fourth-order valence-electron chi connectivity index (χ4n) is 1.10. The normalized spacial score (nSPS) is 23.0. The average molecular weight is 316 g/mol. The maximum atomic E-state index is 12.3. The largest absolute Gasteiger partial charge is 0.430 e. The number of nitrogens with zero attached hydrogens (tertiary/aromatic N) is 1. The molecular formula is C6H4BrF6NO2. The summed E-state index contributed by atoms with van der Waals surface area (Å²) in [5.74, 6) is 0. The van der Waals surface area contributed by atoms with Crippen molar-refractivity contribution in [3.05, 3.63) is 0 Å². The first kappa shape index (κ1) is 13.6. The Hall–Kier alpha value is -0.510. The molecule has 1 heterocycles. The topological polar surface area (TPSA) is 41.8 Å². The molecule has 1 atom stereocenters. The van der Waals surface area contributed by atoms with Crippen molar-refractivity contribution in [2.45, 2.75) is 30.5 Å². The maximum Gasteiger partial charge on any atom is 0.430 e. The Labute approximate surface area is 93.2 Å². The van der Waals surface area contributed by atoms with E-state index >= 15 is 0 Å². The van der Waals surface area contributed by atoms with Crippen molar-refractivity contribution in [3.63, 3.8) is 0 Å². The van der Waals surface area contributed by atoms with Crippen LogP contribution in [0.1, 0.15) is 6.42 Å². The van der Waals surface area contributed by atoms with Crippen molar-refractivity contribution in [3.8, 4) is 0 Å². The monoisotopic (exact) mass is 315 g/mol. The molecule has 1 unspecified atom stereocenters. The maximum absolute atomic E-state index is 12.3. The van der Waals surface area contributed by atoms with Gasteiger partial charge in [-0.1, -0.05) is 5.16 Å². The summed E-state index contributed by atoms with van der Waals surface area (Å²) in [5, 5.41) is 11.7. The van der Waals surface area contributed by atoms with E-state index in [9.17, 15) is 26.3 Å². The van der Waals surface area contributed by atoms with Gasteiger partial charge in [-0.2, -0.15) is 26.3 Å². The molecule has 0 aromatic rings. The minimum atomic E-state index is -5.90. The molecule has 0 fully saturated rings. The van der Waals surface area contributed by atoms with Crippen LogP contribution in [0, 0.1) is 0 Å². The van der Waals surface area contributed by atoms with Gasteiger partial charge in [0, 0.05) is 6.42 Å². The van der Waals surface area contributed by atoms with Gasteiger partial charge in [-0.25, -0.2) is 0 Å². The van der Waals surface area contributed by atoms with Crippen LogP contribution in [0.25, 0.3) is 0 Å². The van der Waals surface area contributed by atoms with E-state index in [0.717, 1.165) is 0 Å². The SMILES string of the molecule is OC(C1CC(Br)=NO1)(C(F)(F)F)C(F)(F)F. The van der Waals surface area contributed by atoms with Gasteiger partial charge in [0.2, 0.25) is 0 Å². The molecule has 10 heteroatoms. The summed E-state index contributed by atoms with van der Waals surface area (Å²) in [5.41, 5.74) is -4.93. The third kappa shape index (κ3) is 1.99. The number of hydrogen-bond donors (Lipinski definition) is 1. The lowest BCUT2D eigenvalue weighted by molar-refractivity contribution is -0.392. The minimum absolute atomic E-state index is 0.232. The highest BCUT2D eigenvalue weighted by Gasteiger charge is 2.76. The Kier molecular flexibility index (Phi) is 3.18. The molecule has 0 amide bonds. The molecule has 1 N–H and O–H groups in total. The number of alkyl halides is 6. The standard InChI is InChI=1S/C6H4BrF6NO2/c7-3-1-2(16-14-3)4(15,5(8,9)10)6(11,12)13/h2,15H,1H2. The Morgan fingerprint density at radius 1 is 1.19 bits per heavy atom. The van der Waals surface area contributed by atoms with Gasteiger partial charge in [-0.05, 0) is 15.9 Å². The zero-order chi connectivity index (χ0) is 12.8. The quantitative estimate of drug-likeness (QED) is 0.755. The molecular weight excluding hydrogens is 312 g/mol. The molecule has 0 aromatic heterocycles. The molecule has 1 aliphatic rings. The molecule has 0 radical (unpaired) electrons. The van der Waals surface area contributed by atoms with Crippen LogP contribution in [-0.2, 0) is 4.84 Å². The molecule has 0 spiro atoms. The third-order valence-electron chi connectivity index (χ3n) is 1.96. The molecule has 0 saturated carbocycles. The number of rotatable bonds is 1. The van der Waals surface area contributed by atoms with Crippen LogP contribution >= 0.6 is 15.9 Å². The lowest BCUT2D eigenvalue weighted by atomic mass is 9.93. The van der Waals surface area contributed by atoms with Crippen molar-refractivity contribution >= 4 is 20.6 Å². The lowest BCUT2D eigenvalue weighted by Gasteiger charge is -2.34. The van der Waals surface area contributed by atoms with Gasteiger partial charge >= 0.3 is 12.4 Å². The Balaban J connectivity index is 3.08. The van der Waals surface area contributed by atoms with Crippen molar-refractivity contribution < 1.29 is 36.3 Å². The Morgan fingerprint density at radius 2 is 1.62 bits per heavy atom. The van der Waals surface area contributed by atoms with E-state index in [2.05, 4.69) is 25.9 Å². The Morgan fingerprint density at radius 3 is 1.88 bits per heavy atom. The zero-order valence-corrected chi connectivity index (χ0v) is 8.82. The van der Waals surface area contributed by atoms with Crippen molar-refractivity contribution in [2.75, 3.05) is 0 Å². The highest BCUT2D eigenvalue weighted by molar-refractivity contribution is 9.18. The first-order valence-corrected chi connectivity index (χ1v) is 4.53. The molecule has 0 aliphatic carbocycles. The average Bonchev–Trinajstić information content (AvgIpc) is 2.46. The van der Waals surface area contributed by atoms with Gasteiger partial charge in [0.05, 0.1) is 0 Å². The summed E-state index contributed by atoms with van der Waals surface area (Å²) >= 11 is 2.58. The molecule has 0 saturated heterocycles. The predicted octanol–water partition coefficient (Wildman–Crippen LogP) is 2.34. The van der Waals surface area contributed by atoms with Crippen LogP contribution in [0.2, 0.25) is 0 Å². The molecule has 94 valence electrons. The number of oxime groups is 1. The van der Waals surface area contributed by atoms with E-state index in [1.807, 2.05) is 0 Å². The minimum Gasteiger partial charge on any atom is -0.388 e. The van der Waals surface area contributed by atoms with Crippen LogP contribution < -0.4 is 0 Å². The van der Waals surface area contributed by atoms with E-state index in [1.54, 1.807) is 0 Å². The van der Waals surface area contributed by atoms with Gasteiger partial charge in [0.1, 0.15) is 4.62 Å². The highest BCUT2D eigenvalue weighted by Crippen LogP contribution is 2.48. The summed E-state index contributed by atoms with van der Waals surface area (Å²) in [6.07, 6.45) is -15.1.